The van der Waals surface area contributed by atoms with Crippen molar-refractivity contribution in [2.45, 2.75) is 31.9 Å². The second-order valence-corrected chi connectivity index (χ2v) is 5.93. The molecule has 100 valence electrons. The van der Waals surface area contributed by atoms with Gasteiger partial charge in [-0.05, 0) is 24.5 Å². The van der Waals surface area contributed by atoms with E-state index in [-0.39, 0.29) is 12.1 Å². The summed E-state index contributed by atoms with van der Waals surface area (Å²) in [6.45, 7) is 2.77. The van der Waals surface area contributed by atoms with Crippen LogP contribution in [0, 0.1) is 6.92 Å². The molecular weight excluding hydrogens is 256 g/mol. The fourth-order valence-electron chi connectivity index (χ4n) is 2.58. The van der Waals surface area contributed by atoms with Crippen LogP contribution in [0.3, 0.4) is 0 Å². The molecule has 2 heterocycles. The van der Waals surface area contributed by atoms with E-state index in [0.717, 1.165) is 30.2 Å². The van der Waals surface area contributed by atoms with Gasteiger partial charge in [0, 0.05) is 23.5 Å². The number of fused-ring (bicyclic) bond motifs is 1. The second kappa shape index (κ2) is 5.41. The Labute approximate surface area is 117 Å². The normalized spacial score (nSPS) is 20.0. The van der Waals surface area contributed by atoms with E-state index in [1.54, 1.807) is 11.3 Å². The smallest absolute Gasteiger partial charge is 0.0982 e. The molecule has 2 N–H and O–H groups in total. The van der Waals surface area contributed by atoms with Crippen molar-refractivity contribution in [2.24, 2.45) is 5.73 Å². The van der Waals surface area contributed by atoms with Crippen molar-refractivity contribution in [1.29, 1.82) is 0 Å². The van der Waals surface area contributed by atoms with Crippen molar-refractivity contribution >= 4 is 11.3 Å². The number of rotatable bonds is 3. The highest BCUT2D eigenvalue weighted by Gasteiger charge is 2.26. The molecule has 4 heteroatoms. The van der Waals surface area contributed by atoms with Gasteiger partial charge in [0.1, 0.15) is 0 Å². The van der Waals surface area contributed by atoms with Crippen LogP contribution in [0.2, 0.25) is 0 Å². The minimum atomic E-state index is -0.0352. The molecule has 1 aromatic carbocycles. The Morgan fingerprint density at radius 2 is 2.32 bits per heavy atom. The third kappa shape index (κ3) is 2.71. The molecule has 0 bridgehead atoms. The second-order valence-electron chi connectivity index (χ2n) is 4.99. The van der Waals surface area contributed by atoms with Gasteiger partial charge in [0.25, 0.3) is 0 Å². The predicted molar refractivity (Wildman–Crippen MR) is 77.4 cm³/mol. The molecule has 0 amide bonds. The van der Waals surface area contributed by atoms with Crippen molar-refractivity contribution in [3.8, 4) is 0 Å². The van der Waals surface area contributed by atoms with Crippen molar-refractivity contribution in [1.82, 2.24) is 4.98 Å². The molecular formula is C15H18N2OS. The van der Waals surface area contributed by atoms with E-state index < -0.39 is 0 Å². The van der Waals surface area contributed by atoms with E-state index in [2.05, 4.69) is 34.6 Å². The van der Waals surface area contributed by atoms with Crippen molar-refractivity contribution in [3.63, 3.8) is 0 Å². The van der Waals surface area contributed by atoms with E-state index in [9.17, 15) is 0 Å². The van der Waals surface area contributed by atoms with Gasteiger partial charge in [0.2, 0.25) is 0 Å². The Morgan fingerprint density at radius 3 is 3.11 bits per heavy atom. The number of benzene rings is 1. The first-order valence-corrected chi connectivity index (χ1v) is 7.48. The molecule has 3 nitrogen and oxygen atoms in total. The zero-order valence-corrected chi connectivity index (χ0v) is 11.8. The summed E-state index contributed by atoms with van der Waals surface area (Å²) < 4.78 is 5.90. The zero-order chi connectivity index (χ0) is 13.2. The Bertz CT molecular complexity index is 567. The number of nitrogens with two attached hydrogens (primary N) is 1. The van der Waals surface area contributed by atoms with Gasteiger partial charge in [-0.2, -0.15) is 0 Å². The largest absolute Gasteiger partial charge is 0.372 e. The van der Waals surface area contributed by atoms with Gasteiger partial charge >= 0.3 is 0 Å². The van der Waals surface area contributed by atoms with Gasteiger partial charge in [0.15, 0.2) is 0 Å². The third-order valence-corrected chi connectivity index (χ3v) is 4.49. The Balaban J connectivity index is 1.79. The first kappa shape index (κ1) is 12.8. The molecule has 1 aromatic heterocycles. The van der Waals surface area contributed by atoms with Gasteiger partial charge in [-0.25, -0.2) is 4.98 Å². The average molecular weight is 274 g/mol. The van der Waals surface area contributed by atoms with Crippen molar-refractivity contribution in [2.75, 3.05) is 6.61 Å². The van der Waals surface area contributed by atoms with E-state index in [1.807, 2.05) is 6.92 Å². The molecule has 1 aliphatic heterocycles. The van der Waals surface area contributed by atoms with Crippen LogP contribution in [0.5, 0.6) is 0 Å². The highest BCUT2D eigenvalue weighted by molar-refractivity contribution is 7.09. The standard InChI is InChI=1S/C15H18N2OS/c1-10-9-19-14(17-10)8-13(16)15-12-5-3-2-4-11(12)6-7-18-15/h2-5,9,13,15H,6-8,16H2,1H3. The fourth-order valence-corrected chi connectivity index (χ4v) is 3.43. The average Bonchev–Trinajstić information content (AvgIpc) is 2.83. The van der Waals surface area contributed by atoms with Crippen LogP contribution in [0.4, 0.5) is 0 Å². The molecule has 2 atom stereocenters. The van der Waals surface area contributed by atoms with Crippen LogP contribution in [-0.4, -0.2) is 17.6 Å². The summed E-state index contributed by atoms with van der Waals surface area (Å²) in [4.78, 5) is 4.48. The van der Waals surface area contributed by atoms with E-state index in [4.69, 9.17) is 10.5 Å². The van der Waals surface area contributed by atoms with Crippen LogP contribution in [-0.2, 0) is 17.6 Å². The molecule has 2 aromatic rings. The van der Waals surface area contributed by atoms with E-state index in [1.165, 1.54) is 11.1 Å². The maximum absolute atomic E-state index is 6.35. The Kier molecular flexibility index (Phi) is 3.64. The highest BCUT2D eigenvalue weighted by atomic mass is 32.1. The molecule has 0 saturated carbocycles. The summed E-state index contributed by atoms with van der Waals surface area (Å²) in [6, 6.07) is 8.40. The molecule has 0 radical (unpaired) electrons. The van der Waals surface area contributed by atoms with Crippen molar-refractivity contribution in [3.05, 3.63) is 51.5 Å². The fraction of sp³-hybridized carbons (Fsp3) is 0.400. The molecule has 0 saturated heterocycles. The summed E-state index contributed by atoms with van der Waals surface area (Å²) in [5.74, 6) is 0. The van der Waals surface area contributed by atoms with Crippen LogP contribution in [0.1, 0.15) is 27.9 Å². The molecule has 1 aliphatic rings. The number of hydrogen-bond acceptors (Lipinski definition) is 4. The molecule has 0 spiro atoms. The van der Waals surface area contributed by atoms with Crippen molar-refractivity contribution < 1.29 is 4.74 Å². The predicted octanol–water partition coefficient (Wildman–Crippen LogP) is 2.64. The Morgan fingerprint density at radius 1 is 1.47 bits per heavy atom. The summed E-state index contributed by atoms with van der Waals surface area (Å²) in [7, 11) is 0. The monoisotopic (exact) mass is 274 g/mol. The van der Waals surface area contributed by atoms with Crippen LogP contribution < -0.4 is 5.73 Å². The lowest BCUT2D eigenvalue weighted by Gasteiger charge is -2.30. The molecule has 2 unspecified atom stereocenters. The molecule has 19 heavy (non-hydrogen) atoms. The van der Waals surface area contributed by atoms with Crippen LogP contribution in [0.15, 0.2) is 29.6 Å². The Hall–Kier alpha value is -1.23. The van der Waals surface area contributed by atoms with E-state index >= 15 is 0 Å². The molecule has 0 fully saturated rings. The molecule has 0 aliphatic carbocycles. The number of nitrogens with zero attached hydrogens (tertiary/aromatic N) is 1. The lowest BCUT2D eigenvalue weighted by molar-refractivity contribution is 0.0246. The quantitative estimate of drug-likeness (QED) is 0.936. The van der Waals surface area contributed by atoms with Crippen LogP contribution >= 0.6 is 11.3 Å². The van der Waals surface area contributed by atoms with Gasteiger partial charge in [-0.3, -0.25) is 0 Å². The zero-order valence-electron chi connectivity index (χ0n) is 11.0. The third-order valence-electron chi connectivity index (χ3n) is 3.50. The van der Waals surface area contributed by atoms with Gasteiger partial charge in [0.05, 0.1) is 17.7 Å². The minimum absolute atomic E-state index is 0.00541. The number of aryl methyl sites for hydroxylation is 1. The van der Waals surface area contributed by atoms with Gasteiger partial charge < -0.3 is 10.5 Å². The first-order chi connectivity index (χ1) is 9.24. The van der Waals surface area contributed by atoms with Crippen LogP contribution in [0.25, 0.3) is 0 Å². The van der Waals surface area contributed by atoms with Gasteiger partial charge in [-0.15, -0.1) is 11.3 Å². The number of thiazole rings is 1. The number of ether oxygens (including phenoxy) is 1. The minimum Gasteiger partial charge on any atom is -0.372 e. The summed E-state index contributed by atoms with van der Waals surface area (Å²) in [6.07, 6.45) is 1.75. The lowest BCUT2D eigenvalue weighted by Crippen LogP contribution is -2.35. The molecule has 3 rings (SSSR count). The summed E-state index contributed by atoms with van der Waals surface area (Å²) >= 11 is 1.68. The lowest BCUT2D eigenvalue weighted by atomic mass is 9.92. The first-order valence-electron chi connectivity index (χ1n) is 6.60. The maximum atomic E-state index is 6.35. The number of hydrogen-bond donors (Lipinski definition) is 1. The number of aromatic nitrogens is 1. The summed E-state index contributed by atoms with van der Waals surface area (Å²) in [5, 5.41) is 3.16. The summed E-state index contributed by atoms with van der Waals surface area (Å²) in [5.41, 5.74) is 10.0. The van der Waals surface area contributed by atoms with E-state index in [0.29, 0.717) is 0 Å². The SMILES string of the molecule is Cc1csc(CC(N)C2OCCc3ccccc32)n1. The van der Waals surface area contributed by atoms with Gasteiger partial charge in [-0.1, -0.05) is 24.3 Å². The highest BCUT2D eigenvalue weighted by Crippen LogP contribution is 2.30. The maximum Gasteiger partial charge on any atom is 0.0982 e. The topological polar surface area (TPSA) is 48.1 Å².